The predicted molar refractivity (Wildman–Crippen MR) is 134 cm³/mol. The summed E-state index contributed by atoms with van der Waals surface area (Å²) in [5, 5.41) is 13.2. The van der Waals surface area contributed by atoms with Crippen LogP contribution in [-0.2, 0) is 22.5 Å². The number of fused-ring (bicyclic) bond motifs is 1. The first-order valence-electron chi connectivity index (χ1n) is 12.7. The van der Waals surface area contributed by atoms with Crippen LogP contribution in [0.4, 0.5) is 4.79 Å². The van der Waals surface area contributed by atoms with Gasteiger partial charge in [0.15, 0.2) is 0 Å². The number of amides is 2. The van der Waals surface area contributed by atoms with Crippen molar-refractivity contribution in [2.24, 2.45) is 17.8 Å². The molecular formula is C27H43N3O4. The van der Waals surface area contributed by atoms with E-state index in [0.717, 1.165) is 30.8 Å². The topological polar surface area (TPSA) is 82.1 Å². The van der Waals surface area contributed by atoms with Gasteiger partial charge in [0.2, 0.25) is 5.91 Å². The Hall–Kier alpha value is -2.28. The molecule has 190 valence electrons. The fourth-order valence-electron chi connectivity index (χ4n) is 5.24. The summed E-state index contributed by atoms with van der Waals surface area (Å²) in [5.41, 5.74) is 1.14. The summed E-state index contributed by atoms with van der Waals surface area (Å²) >= 11 is 0. The third-order valence-corrected chi connectivity index (χ3v) is 6.78. The maximum atomic E-state index is 13.6. The number of phenols is 1. The average molecular weight is 474 g/mol. The van der Waals surface area contributed by atoms with Gasteiger partial charge in [0, 0.05) is 32.1 Å². The molecule has 1 saturated heterocycles. The average Bonchev–Trinajstić information content (AvgIpc) is 2.70. The smallest absolute Gasteiger partial charge is 0.411 e. The van der Waals surface area contributed by atoms with Crippen molar-refractivity contribution in [3.8, 4) is 5.75 Å². The van der Waals surface area contributed by atoms with Crippen molar-refractivity contribution in [1.82, 2.24) is 15.1 Å². The number of ether oxygens (including phenoxy) is 1. The van der Waals surface area contributed by atoms with Crippen LogP contribution in [0.3, 0.4) is 0 Å². The lowest BCUT2D eigenvalue weighted by molar-refractivity contribution is -0.128. The lowest BCUT2D eigenvalue weighted by atomic mass is 9.90. The number of phenolic OH excluding ortho intramolecular Hbond substituents is 1. The molecule has 0 aromatic heterocycles. The Morgan fingerprint density at radius 2 is 1.79 bits per heavy atom. The van der Waals surface area contributed by atoms with Crippen molar-refractivity contribution in [2.75, 3.05) is 19.6 Å². The maximum Gasteiger partial charge on any atom is 0.411 e. The number of carbonyl (C=O) groups is 2. The van der Waals surface area contributed by atoms with Crippen molar-refractivity contribution in [2.45, 2.75) is 85.5 Å². The Morgan fingerprint density at radius 3 is 2.38 bits per heavy atom. The molecule has 0 bridgehead atoms. The van der Waals surface area contributed by atoms with E-state index in [4.69, 9.17) is 4.74 Å². The maximum absolute atomic E-state index is 13.6. The second-order valence-electron chi connectivity index (χ2n) is 11.8. The van der Waals surface area contributed by atoms with Gasteiger partial charge >= 0.3 is 6.09 Å². The minimum Gasteiger partial charge on any atom is -0.508 e. The second-order valence-corrected chi connectivity index (χ2v) is 11.8. The van der Waals surface area contributed by atoms with Crippen LogP contribution in [0.2, 0.25) is 0 Å². The van der Waals surface area contributed by atoms with Crippen LogP contribution in [0, 0.1) is 17.8 Å². The number of piperidine rings is 1. The first-order valence-corrected chi connectivity index (χ1v) is 12.7. The standard InChI is InChI=1S/C27H43N3O4/c1-17(2)23(16-29-13-18(3)10-19(4)14-29)28-25(32)24-12-20-8-9-22(31)11-21(20)15-30(24)26(33)34-27(5,6)7/h8-9,11,17-19,23-24,31H,10,12-16H2,1-7H3,(H,28,32)/t18?,19?,23-,24-/m1/s1. The molecule has 2 aliphatic heterocycles. The number of carbonyl (C=O) groups excluding carboxylic acids is 2. The molecule has 0 radical (unpaired) electrons. The Kier molecular flexibility index (Phi) is 8.17. The minimum atomic E-state index is -0.667. The van der Waals surface area contributed by atoms with Gasteiger partial charge in [0.1, 0.15) is 17.4 Å². The molecule has 0 saturated carbocycles. The Bertz CT molecular complexity index is 869. The molecule has 1 aromatic carbocycles. The highest BCUT2D eigenvalue weighted by atomic mass is 16.6. The van der Waals surface area contributed by atoms with Crippen LogP contribution in [0.25, 0.3) is 0 Å². The van der Waals surface area contributed by atoms with Gasteiger partial charge in [-0.3, -0.25) is 9.69 Å². The molecule has 2 unspecified atom stereocenters. The number of hydrogen-bond acceptors (Lipinski definition) is 5. The molecule has 7 nitrogen and oxygen atoms in total. The van der Waals surface area contributed by atoms with Crippen molar-refractivity contribution in [1.29, 1.82) is 0 Å². The highest BCUT2D eigenvalue weighted by Crippen LogP contribution is 2.29. The van der Waals surface area contributed by atoms with E-state index >= 15 is 0 Å². The zero-order valence-corrected chi connectivity index (χ0v) is 21.9. The summed E-state index contributed by atoms with van der Waals surface area (Å²) in [5.74, 6) is 1.57. The number of nitrogens with one attached hydrogen (secondary N) is 1. The van der Waals surface area contributed by atoms with E-state index in [1.54, 1.807) is 12.1 Å². The summed E-state index contributed by atoms with van der Waals surface area (Å²) in [6.07, 6.45) is 1.13. The zero-order chi connectivity index (χ0) is 25.2. The van der Waals surface area contributed by atoms with Crippen LogP contribution in [-0.4, -0.2) is 64.2 Å². The lowest BCUT2D eigenvalue weighted by Gasteiger charge is -2.40. The monoisotopic (exact) mass is 473 g/mol. The van der Waals surface area contributed by atoms with E-state index in [9.17, 15) is 14.7 Å². The van der Waals surface area contributed by atoms with Gasteiger partial charge in [0.25, 0.3) is 0 Å². The summed E-state index contributed by atoms with van der Waals surface area (Å²) in [4.78, 5) is 30.7. The van der Waals surface area contributed by atoms with Crippen molar-refractivity contribution in [3.63, 3.8) is 0 Å². The fourth-order valence-corrected chi connectivity index (χ4v) is 5.24. The number of aromatic hydroxyl groups is 1. The van der Waals surface area contributed by atoms with E-state index < -0.39 is 17.7 Å². The van der Waals surface area contributed by atoms with Crippen molar-refractivity contribution in [3.05, 3.63) is 29.3 Å². The van der Waals surface area contributed by atoms with Gasteiger partial charge in [-0.2, -0.15) is 0 Å². The van der Waals surface area contributed by atoms with Crippen LogP contribution in [0.5, 0.6) is 5.75 Å². The van der Waals surface area contributed by atoms with Gasteiger partial charge in [-0.25, -0.2) is 4.79 Å². The molecule has 1 aromatic rings. The molecular weight excluding hydrogens is 430 g/mol. The fraction of sp³-hybridized carbons (Fsp3) is 0.704. The van der Waals surface area contributed by atoms with Crippen LogP contribution < -0.4 is 5.32 Å². The van der Waals surface area contributed by atoms with E-state index in [0.29, 0.717) is 18.3 Å². The normalized spacial score (nSPS) is 24.5. The lowest BCUT2D eigenvalue weighted by Crippen LogP contribution is -2.57. The highest BCUT2D eigenvalue weighted by Gasteiger charge is 2.38. The second kappa shape index (κ2) is 10.5. The minimum absolute atomic E-state index is 0.00768. The van der Waals surface area contributed by atoms with Crippen LogP contribution in [0.15, 0.2) is 18.2 Å². The van der Waals surface area contributed by atoms with Gasteiger partial charge in [-0.1, -0.05) is 33.8 Å². The first kappa shape index (κ1) is 26.3. The van der Waals surface area contributed by atoms with Gasteiger partial charge in [-0.05, 0) is 68.2 Å². The summed E-state index contributed by atoms with van der Waals surface area (Å²) in [6, 6.07) is 4.47. The van der Waals surface area contributed by atoms with Gasteiger partial charge < -0.3 is 20.1 Å². The number of nitrogens with zero attached hydrogens (tertiary/aromatic N) is 2. The van der Waals surface area contributed by atoms with E-state index in [-0.39, 0.29) is 30.2 Å². The SMILES string of the molecule is CC1CC(C)CN(C[C@@H](NC(=O)[C@H]2Cc3ccc(O)cc3CN2C(=O)OC(C)(C)C)C(C)C)C1. The molecule has 0 aliphatic carbocycles. The molecule has 3 rings (SSSR count). The number of hydrogen-bond donors (Lipinski definition) is 2. The zero-order valence-electron chi connectivity index (χ0n) is 21.9. The first-order chi connectivity index (χ1) is 15.8. The van der Waals surface area contributed by atoms with Gasteiger partial charge in [0.05, 0.1) is 6.54 Å². The third-order valence-electron chi connectivity index (χ3n) is 6.78. The highest BCUT2D eigenvalue weighted by molar-refractivity contribution is 5.87. The molecule has 4 atom stereocenters. The summed E-state index contributed by atoms with van der Waals surface area (Å²) < 4.78 is 5.64. The molecule has 2 aliphatic rings. The number of rotatable bonds is 5. The molecule has 34 heavy (non-hydrogen) atoms. The number of benzene rings is 1. The van der Waals surface area contributed by atoms with E-state index in [2.05, 4.69) is 37.9 Å². The van der Waals surface area contributed by atoms with Crippen LogP contribution in [0.1, 0.15) is 66.0 Å². The Labute approximate surface area is 204 Å². The molecule has 7 heteroatoms. The quantitative estimate of drug-likeness (QED) is 0.671. The largest absolute Gasteiger partial charge is 0.508 e. The van der Waals surface area contributed by atoms with Crippen LogP contribution >= 0.6 is 0 Å². The Morgan fingerprint density at radius 1 is 1.15 bits per heavy atom. The summed E-state index contributed by atoms with van der Waals surface area (Å²) in [6.45, 7) is 17.4. The molecule has 2 heterocycles. The van der Waals surface area contributed by atoms with Gasteiger partial charge in [-0.15, -0.1) is 0 Å². The molecule has 0 spiro atoms. The Balaban J connectivity index is 1.79. The van der Waals surface area contributed by atoms with E-state index in [1.165, 1.54) is 11.3 Å². The third kappa shape index (κ3) is 6.87. The molecule has 2 amide bonds. The van der Waals surface area contributed by atoms with E-state index in [1.807, 2.05) is 26.8 Å². The molecule has 2 N–H and O–H groups in total. The molecule has 1 fully saturated rings. The summed E-state index contributed by atoms with van der Waals surface area (Å²) in [7, 11) is 0. The van der Waals surface area contributed by atoms with Crippen molar-refractivity contribution < 1.29 is 19.4 Å². The predicted octanol–water partition coefficient (Wildman–Crippen LogP) is 4.17. The number of likely N-dealkylation sites (tertiary alicyclic amines) is 1. The van der Waals surface area contributed by atoms with Crippen molar-refractivity contribution >= 4 is 12.0 Å².